The van der Waals surface area contributed by atoms with Crippen molar-refractivity contribution < 1.29 is 9.18 Å². The van der Waals surface area contributed by atoms with Crippen molar-refractivity contribution in [2.24, 2.45) is 0 Å². The van der Waals surface area contributed by atoms with E-state index >= 15 is 0 Å². The third kappa shape index (κ3) is 3.69. The summed E-state index contributed by atoms with van der Waals surface area (Å²) in [5.41, 5.74) is 0.985. The predicted molar refractivity (Wildman–Crippen MR) is 127 cm³/mol. The first kappa shape index (κ1) is 21.6. The first-order valence-corrected chi connectivity index (χ1v) is 11.6. The van der Waals surface area contributed by atoms with Crippen LogP contribution in [0.4, 0.5) is 4.39 Å². The Bertz CT molecular complexity index is 1520. The normalized spacial score (nSPS) is 13.4. The standard InChI is InChI=1S/C24H19ClFN3O3S/c1-14(30)27-10-9-17-20(13-27)33-23-21(17)22(31)29(16-7-8-19(26)18(25)11-16)24(32)28(23)12-15-5-3-2-4-6-15/h2-8,11H,9-10,12-13H2,1H3. The summed E-state index contributed by atoms with van der Waals surface area (Å²) in [6.45, 7) is 2.70. The maximum Gasteiger partial charge on any atom is 0.337 e. The molecule has 1 aliphatic rings. The summed E-state index contributed by atoms with van der Waals surface area (Å²) in [6, 6.07) is 13.3. The molecule has 168 valence electrons. The highest BCUT2D eigenvalue weighted by atomic mass is 35.5. The van der Waals surface area contributed by atoms with Crippen LogP contribution in [0.1, 0.15) is 22.9 Å². The van der Waals surface area contributed by atoms with Crippen molar-refractivity contribution in [3.63, 3.8) is 0 Å². The summed E-state index contributed by atoms with van der Waals surface area (Å²) in [4.78, 5) is 42.4. The minimum Gasteiger partial charge on any atom is -0.337 e. The van der Waals surface area contributed by atoms with E-state index in [0.29, 0.717) is 29.7 Å². The fourth-order valence-electron chi connectivity index (χ4n) is 4.23. The first-order valence-electron chi connectivity index (χ1n) is 10.4. The third-order valence-electron chi connectivity index (χ3n) is 5.91. The zero-order valence-corrected chi connectivity index (χ0v) is 19.3. The van der Waals surface area contributed by atoms with Crippen LogP contribution in [0.15, 0.2) is 58.1 Å². The van der Waals surface area contributed by atoms with Crippen LogP contribution in [0.3, 0.4) is 0 Å². The van der Waals surface area contributed by atoms with Crippen LogP contribution < -0.4 is 11.2 Å². The number of aromatic nitrogens is 2. The maximum absolute atomic E-state index is 13.8. The summed E-state index contributed by atoms with van der Waals surface area (Å²) in [7, 11) is 0. The molecule has 0 radical (unpaired) electrons. The van der Waals surface area contributed by atoms with Crippen LogP contribution in [0.5, 0.6) is 0 Å². The van der Waals surface area contributed by atoms with Crippen molar-refractivity contribution in [2.45, 2.75) is 26.4 Å². The highest BCUT2D eigenvalue weighted by Gasteiger charge is 2.27. The van der Waals surface area contributed by atoms with E-state index in [4.69, 9.17) is 11.6 Å². The fourth-order valence-corrected chi connectivity index (χ4v) is 5.75. The summed E-state index contributed by atoms with van der Waals surface area (Å²) < 4.78 is 16.4. The number of thiophene rings is 1. The zero-order chi connectivity index (χ0) is 23.3. The smallest absolute Gasteiger partial charge is 0.337 e. The summed E-state index contributed by atoms with van der Waals surface area (Å²) >= 11 is 7.34. The van der Waals surface area contributed by atoms with Gasteiger partial charge in [0.1, 0.15) is 10.6 Å². The summed E-state index contributed by atoms with van der Waals surface area (Å²) in [5.74, 6) is -0.658. The van der Waals surface area contributed by atoms with Crippen LogP contribution in [0.25, 0.3) is 15.9 Å². The summed E-state index contributed by atoms with van der Waals surface area (Å²) in [6.07, 6.45) is 0.526. The molecule has 3 heterocycles. The van der Waals surface area contributed by atoms with Gasteiger partial charge in [-0.2, -0.15) is 0 Å². The molecule has 0 fully saturated rings. The number of rotatable bonds is 3. The number of hydrogen-bond donors (Lipinski definition) is 0. The van der Waals surface area contributed by atoms with E-state index in [-0.39, 0.29) is 23.2 Å². The molecule has 0 saturated carbocycles. The van der Waals surface area contributed by atoms with Gasteiger partial charge in [-0.3, -0.25) is 14.2 Å². The Labute approximate surface area is 197 Å². The molecule has 0 N–H and O–H groups in total. The van der Waals surface area contributed by atoms with Gasteiger partial charge in [0.2, 0.25) is 5.91 Å². The number of fused-ring (bicyclic) bond motifs is 3. The molecule has 33 heavy (non-hydrogen) atoms. The quantitative estimate of drug-likeness (QED) is 0.443. The van der Waals surface area contributed by atoms with Crippen molar-refractivity contribution in [1.29, 1.82) is 0 Å². The lowest BCUT2D eigenvalue weighted by Crippen LogP contribution is -2.39. The van der Waals surface area contributed by atoms with Crippen molar-refractivity contribution in [3.8, 4) is 5.69 Å². The Morgan fingerprint density at radius 1 is 1.15 bits per heavy atom. The molecule has 6 nitrogen and oxygen atoms in total. The van der Waals surface area contributed by atoms with Crippen LogP contribution in [-0.4, -0.2) is 26.5 Å². The largest absolute Gasteiger partial charge is 0.337 e. The zero-order valence-electron chi connectivity index (χ0n) is 17.7. The van der Waals surface area contributed by atoms with Gasteiger partial charge in [0.15, 0.2) is 0 Å². The molecule has 4 aromatic rings. The lowest BCUT2D eigenvalue weighted by atomic mass is 10.1. The van der Waals surface area contributed by atoms with E-state index in [1.54, 1.807) is 9.47 Å². The number of carbonyl (C=O) groups is 1. The van der Waals surface area contributed by atoms with Crippen LogP contribution in [-0.2, 0) is 24.3 Å². The van der Waals surface area contributed by atoms with E-state index in [0.717, 1.165) is 26.6 Å². The second-order valence-electron chi connectivity index (χ2n) is 7.97. The van der Waals surface area contributed by atoms with Gasteiger partial charge in [0, 0.05) is 18.3 Å². The lowest BCUT2D eigenvalue weighted by Gasteiger charge is -2.25. The average Bonchev–Trinajstić information content (AvgIpc) is 3.18. The predicted octanol–water partition coefficient (Wildman–Crippen LogP) is 3.96. The molecule has 0 spiro atoms. The number of nitrogens with zero attached hydrogens (tertiary/aromatic N) is 3. The average molecular weight is 484 g/mol. The molecule has 0 atom stereocenters. The molecule has 2 aromatic heterocycles. The van der Waals surface area contributed by atoms with Crippen molar-refractivity contribution in [3.05, 3.63) is 96.2 Å². The molecule has 1 aliphatic heterocycles. The minimum absolute atomic E-state index is 0.0295. The Morgan fingerprint density at radius 2 is 1.91 bits per heavy atom. The number of halogens is 2. The van der Waals surface area contributed by atoms with Gasteiger partial charge in [0.05, 0.1) is 29.2 Å². The molecule has 1 amide bonds. The topological polar surface area (TPSA) is 64.3 Å². The minimum atomic E-state index is -0.628. The number of benzene rings is 2. The van der Waals surface area contributed by atoms with Gasteiger partial charge in [0.25, 0.3) is 5.56 Å². The van der Waals surface area contributed by atoms with Crippen LogP contribution >= 0.6 is 22.9 Å². The molecule has 0 saturated heterocycles. The second kappa shape index (κ2) is 8.28. The SMILES string of the molecule is CC(=O)N1CCc2c(sc3c2c(=O)n(-c2ccc(F)c(Cl)c2)c(=O)n3Cc2ccccc2)C1. The van der Waals surface area contributed by atoms with Crippen molar-refractivity contribution in [1.82, 2.24) is 14.0 Å². The van der Waals surface area contributed by atoms with Gasteiger partial charge in [-0.25, -0.2) is 13.8 Å². The van der Waals surface area contributed by atoms with Crippen molar-refractivity contribution >= 4 is 39.1 Å². The Kier molecular flexibility index (Phi) is 5.42. The highest BCUT2D eigenvalue weighted by Crippen LogP contribution is 2.33. The summed E-state index contributed by atoms with van der Waals surface area (Å²) in [5, 5.41) is 0.298. The Balaban J connectivity index is 1.81. The monoisotopic (exact) mass is 483 g/mol. The van der Waals surface area contributed by atoms with E-state index in [1.165, 1.54) is 30.4 Å². The second-order valence-corrected chi connectivity index (χ2v) is 9.46. The van der Waals surface area contributed by atoms with Gasteiger partial charge < -0.3 is 4.90 Å². The Morgan fingerprint density at radius 3 is 2.61 bits per heavy atom. The molecule has 2 aromatic carbocycles. The first-order chi connectivity index (χ1) is 15.8. The molecule has 9 heteroatoms. The number of amides is 1. The lowest BCUT2D eigenvalue weighted by molar-refractivity contribution is -0.129. The molecule has 0 unspecified atom stereocenters. The maximum atomic E-state index is 13.8. The van der Waals surface area contributed by atoms with Gasteiger partial charge in [-0.15, -0.1) is 11.3 Å². The van der Waals surface area contributed by atoms with Gasteiger partial charge in [-0.05, 0) is 35.7 Å². The van der Waals surface area contributed by atoms with E-state index < -0.39 is 17.1 Å². The Hall–Kier alpha value is -3.23. The van der Waals surface area contributed by atoms with Crippen LogP contribution in [0.2, 0.25) is 5.02 Å². The molecular formula is C24H19ClFN3O3S. The van der Waals surface area contributed by atoms with Gasteiger partial charge in [-0.1, -0.05) is 41.9 Å². The van der Waals surface area contributed by atoms with E-state index in [9.17, 15) is 18.8 Å². The van der Waals surface area contributed by atoms with E-state index in [1.807, 2.05) is 30.3 Å². The van der Waals surface area contributed by atoms with Gasteiger partial charge >= 0.3 is 5.69 Å². The van der Waals surface area contributed by atoms with E-state index in [2.05, 4.69) is 0 Å². The third-order valence-corrected chi connectivity index (χ3v) is 7.44. The molecule has 5 rings (SSSR count). The number of carbonyl (C=O) groups excluding carboxylic acids is 1. The highest BCUT2D eigenvalue weighted by molar-refractivity contribution is 7.18. The van der Waals surface area contributed by atoms with Crippen LogP contribution in [0, 0.1) is 5.82 Å². The molecular weight excluding hydrogens is 465 g/mol. The molecule has 0 aliphatic carbocycles. The molecule has 0 bridgehead atoms. The fraction of sp³-hybridized carbons (Fsp3) is 0.208. The number of hydrogen-bond acceptors (Lipinski definition) is 4. The van der Waals surface area contributed by atoms with Crippen molar-refractivity contribution in [2.75, 3.05) is 6.54 Å².